The molecule has 0 radical (unpaired) electrons. The van der Waals surface area contributed by atoms with Crippen molar-refractivity contribution in [1.29, 1.82) is 0 Å². The topological polar surface area (TPSA) is 75.9 Å². The molecule has 1 fully saturated rings. The van der Waals surface area contributed by atoms with Crippen LogP contribution in [0, 0.1) is 0 Å². The van der Waals surface area contributed by atoms with Gasteiger partial charge >= 0.3 is 0 Å². The summed E-state index contributed by atoms with van der Waals surface area (Å²) in [5.74, 6) is -0.0232. The van der Waals surface area contributed by atoms with Crippen LogP contribution < -0.4 is 5.73 Å². The number of carbonyl (C=O) groups is 2. The lowest BCUT2D eigenvalue weighted by molar-refractivity contribution is -0.151. The number of carbonyl (C=O) groups excluding carboxylic acids is 2. The van der Waals surface area contributed by atoms with Crippen LogP contribution in [0.1, 0.15) is 20.3 Å². The molecule has 1 saturated heterocycles. The van der Waals surface area contributed by atoms with Gasteiger partial charge in [-0.15, -0.1) is 0 Å². The van der Waals surface area contributed by atoms with E-state index in [1.165, 1.54) is 0 Å². The van der Waals surface area contributed by atoms with Crippen LogP contribution in [0.2, 0.25) is 0 Å². The first-order valence-electron chi connectivity index (χ1n) is 6.49. The fourth-order valence-corrected chi connectivity index (χ4v) is 2.02. The monoisotopic (exact) mass is 257 g/mol. The van der Waals surface area contributed by atoms with Gasteiger partial charge < -0.3 is 20.3 Å². The van der Waals surface area contributed by atoms with Gasteiger partial charge in [0.15, 0.2) is 0 Å². The first kappa shape index (κ1) is 14.9. The second kappa shape index (κ2) is 7.33. The maximum absolute atomic E-state index is 11.9. The third-order valence-corrected chi connectivity index (χ3v) is 2.94. The molecular weight excluding hydrogens is 234 g/mol. The normalized spacial score (nSPS) is 18.4. The number of amides is 2. The predicted octanol–water partition coefficient (Wildman–Crippen LogP) is -0.569. The molecule has 0 aromatic heterocycles. The first-order valence-corrected chi connectivity index (χ1v) is 6.49. The minimum Gasteiger partial charge on any atom is -0.375 e. The lowest BCUT2D eigenvalue weighted by atomic mass is 10.2. The van der Waals surface area contributed by atoms with Crippen LogP contribution in [0.25, 0.3) is 0 Å². The zero-order chi connectivity index (χ0) is 13.5. The van der Waals surface area contributed by atoms with E-state index >= 15 is 0 Å². The number of nitrogens with two attached hydrogens (primary N) is 1. The molecule has 0 bridgehead atoms. The Morgan fingerprint density at radius 3 is 2.39 bits per heavy atom. The molecule has 1 unspecified atom stereocenters. The number of hydrogen-bond acceptors (Lipinski definition) is 4. The van der Waals surface area contributed by atoms with Crippen LogP contribution in [0.3, 0.4) is 0 Å². The predicted molar refractivity (Wildman–Crippen MR) is 67.9 cm³/mol. The van der Waals surface area contributed by atoms with Crippen molar-refractivity contribution in [3.8, 4) is 0 Å². The van der Waals surface area contributed by atoms with Crippen LogP contribution in [0.5, 0.6) is 0 Å². The van der Waals surface area contributed by atoms with E-state index < -0.39 is 0 Å². The van der Waals surface area contributed by atoms with Crippen molar-refractivity contribution in [2.24, 2.45) is 5.73 Å². The third-order valence-electron chi connectivity index (χ3n) is 2.94. The summed E-state index contributed by atoms with van der Waals surface area (Å²) in [5.41, 5.74) is 5.57. The molecule has 0 saturated carbocycles. The van der Waals surface area contributed by atoms with E-state index in [1.54, 1.807) is 9.80 Å². The molecule has 1 heterocycles. The first-order chi connectivity index (χ1) is 8.62. The minimum atomic E-state index is -0.190. The molecule has 6 heteroatoms. The van der Waals surface area contributed by atoms with Gasteiger partial charge in [-0.05, 0) is 13.3 Å². The van der Waals surface area contributed by atoms with E-state index in [-0.39, 0.29) is 31.0 Å². The molecule has 2 amide bonds. The van der Waals surface area contributed by atoms with Crippen molar-refractivity contribution in [2.45, 2.75) is 26.4 Å². The van der Waals surface area contributed by atoms with Crippen LogP contribution in [-0.4, -0.2) is 67.0 Å². The molecule has 0 spiro atoms. The summed E-state index contributed by atoms with van der Waals surface area (Å²) in [6.07, 6.45) is 0.674. The third kappa shape index (κ3) is 3.96. The highest BCUT2D eigenvalue weighted by atomic mass is 16.5. The number of hydrogen-bond donors (Lipinski definition) is 1. The number of piperazine rings is 1. The summed E-state index contributed by atoms with van der Waals surface area (Å²) in [6.45, 7) is 6.14. The Hall–Kier alpha value is -1.14. The zero-order valence-corrected chi connectivity index (χ0v) is 11.2. The molecule has 0 aromatic carbocycles. The highest BCUT2D eigenvalue weighted by Crippen LogP contribution is 2.07. The molecule has 1 atom stereocenters. The molecular formula is C12H23N3O3. The van der Waals surface area contributed by atoms with E-state index in [4.69, 9.17) is 10.5 Å². The number of ether oxygens (including phenoxy) is 1. The smallest absolute Gasteiger partial charge is 0.242 e. The van der Waals surface area contributed by atoms with Gasteiger partial charge in [0, 0.05) is 26.2 Å². The van der Waals surface area contributed by atoms with Crippen molar-refractivity contribution >= 4 is 11.8 Å². The quantitative estimate of drug-likeness (QED) is 0.663. The van der Waals surface area contributed by atoms with Gasteiger partial charge in [0.25, 0.3) is 0 Å². The summed E-state index contributed by atoms with van der Waals surface area (Å²) >= 11 is 0. The summed E-state index contributed by atoms with van der Waals surface area (Å²) in [5, 5.41) is 0. The average Bonchev–Trinajstić information content (AvgIpc) is 2.34. The van der Waals surface area contributed by atoms with Gasteiger partial charge in [-0.3, -0.25) is 9.59 Å². The second-order valence-electron chi connectivity index (χ2n) is 4.40. The van der Waals surface area contributed by atoms with Gasteiger partial charge in [-0.25, -0.2) is 0 Å². The van der Waals surface area contributed by atoms with Crippen LogP contribution in [-0.2, 0) is 14.3 Å². The summed E-state index contributed by atoms with van der Waals surface area (Å²) in [7, 11) is 0. The molecule has 18 heavy (non-hydrogen) atoms. The van der Waals surface area contributed by atoms with E-state index in [0.29, 0.717) is 26.2 Å². The largest absolute Gasteiger partial charge is 0.375 e. The maximum Gasteiger partial charge on any atom is 0.242 e. The van der Waals surface area contributed by atoms with Crippen molar-refractivity contribution in [2.75, 3.05) is 39.3 Å². The number of nitrogens with zero attached hydrogens (tertiary/aromatic N) is 2. The second-order valence-corrected chi connectivity index (χ2v) is 4.40. The van der Waals surface area contributed by atoms with Crippen LogP contribution >= 0.6 is 0 Å². The van der Waals surface area contributed by atoms with E-state index in [1.807, 2.05) is 13.8 Å². The average molecular weight is 257 g/mol. The van der Waals surface area contributed by atoms with Crippen LogP contribution in [0.4, 0.5) is 0 Å². The van der Waals surface area contributed by atoms with E-state index in [0.717, 1.165) is 6.42 Å². The molecule has 0 aromatic rings. The van der Waals surface area contributed by atoms with Gasteiger partial charge in [0.05, 0.1) is 19.2 Å². The summed E-state index contributed by atoms with van der Waals surface area (Å²) in [6, 6.07) is 0. The summed E-state index contributed by atoms with van der Waals surface area (Å²) in [4.78, 5) is 26.9. The summed E-state index contributed by atoms with van der Waals surface area (Å²) < 4.78 is 5.41. The Kier molecular flexibility index (Phi) is 6.07. The van der Waals surface area contributed by atoms with Crippen molar-refractivity contribution in [1.82, 2.24) is 9.80 Å². The Bertz CT molecular complexity index is 296. The molecule has 6 nitrogen and oxygen atoms in total. The van der Waals surface area contributed by atoms with Gasteiger partial charge in [-0.2, -0.15) is 0 Å². The van der Waals surface area contributed by atoms with E-state index in [2.05, 4.69) is 0 Å². The lowest BCUT2D eigenvalue weighted by Crippen LogP contribution is -2.56. The molecule has 1 aliphatic rings. The van der Waals surface area contributed by atoms with Crippen LogP contribution in [0.15, 0.2) is 0 Å². The highest BCUT2D eigenvalue weighted by Gasteiger charge is 2.30. The van der Waals surface area contributed by atoms with Gasteiger partial charge in [0.2, 0.25) is 11.8 Å². The Balaban J connectivity index is 2.53. The van der Waals surface area contributed by atoms with Gasteiger partial charge in [0.1, 0.15) is 0 Å². The fraction of sp³-hybridized carbons (Fsp3) is 0.833. The van der Waals surface area contributed by atoms with Crippen molar-refractivity contribution < 1.29 is 14.3 Å². The fourth-order valence-electron chi connectivity index (χ4n) is 2.02. The molecule has 2 N–H and O–H groups in total. The molecule has 104 valence electrons. The Labute approximate surface area is 108 Å². The van der Waals surface area contributed by atoms with E-state index in [9.17, 15) is 9.59 Å². The molecule has 1 rings (SSSR count). The van der Waals surface area contributed by atoms with Crippen molar-refractivity contribution in [3.63, 3.8) is 0 Å². The SMILES string of the molecule is CCCN1CC(=O)N(CC(CN)OCC)CC1=O. The molecule has 1 aliphatic heterocycles. The van der Waals surface area contributed by atoms with Crippen molar-refractivity contribution in [3.05, 3.63) is 0 Å². The highest BCUT2D eigenvalue weighted by molar-refractivity contribution is 5.92. The lowest BCUT2D eigenvalue weighted by Gasteiger charge is -2.35. The number of rotatable bonds is 7. The standard InChI is InChI=1S/C12H23N3O3/c1-3-5-14-8-12(17)15(9-11(14)16)7-10(6-13)18-4-2/h10H,3-9,13H2,1-2H3. The molecule has 0 aliphatic carbocycles. The Morgan fingerprint density at radius 2 is 1.83 bits per heavy atom. The maximum atomic E-state index is 11.9. The Morgan fingerprint density at radius 1 is 1.22 bits per heavy atom. The van der Waals surface area contributed by atoms with Gasteiger partial charge in [-0.1, -0.05) is 6.92 Å². The zero-order valence-electron chi connectivity index (χ0n) is 11.2. The minimum absolute atomic E-state index is 0.00344.